The van der Waals surface area contributed by atoms with Crippen molar-refractivity contribution in [2.75, 3.05) is 7.11 Å². The SMILES string of the molecule is COC(=O)C[C@@H](CC1CC1)c1cc(F)cc(OCc2ccccc2)c1. The maximum atomic E-state index is 14.1. The van der Waals surface area contributed by atoms with Gasteiger partial charge < -0.3 is 9.47 Å². The molecule has 4 heteroatoms. The van der Waals surface area contributed by atoms with E-state index in [-0.39, 0.29) is 24.1 Å². The van der Waals surface area contributed by atoms with Gasteiger partial charge in [0.05, 0.1) is 13.5 Å². The zero-order valence-corrected chi connectivity index (χ0v) is 14.4. The van der Waals surface area contributed by atoms with Crippen molar-refractivity contribution in [1.82, 2.24) is 0 Å². The topological polar surface area (TPSA) is 35.5 Å². The van der Waals surface area contributed by atoms with Crippen LogP contribution in [-0.2, 0) is 16.1 Å². The van der Waals surface area contributed by atoms with E-state index in [1.165, 1.54) is 32.1 Å². The average Bonchev–Trinajstić information content (AvgIpc) is 3.44. The molecule has 0 unspecified atom stereocenters. The standard InChI is InChI=1S/C21H23FO3/c1-24-21(23)12-17(9-15-7-8-15)18-10-19(22)13-20(11-18)25-14-16-5-3-2-4-6-16/h2-6,10-11,13,15,17H,7-9,12,14H2,1H3/t17-/m1/s1. The van der Waals surface area contributed by atoms with Gasteiger partial charge in [0.1, 0.15) is 18.2 Å². The number of carbonyl (C=O) groups is 1. The van der Waals surface area contributed by atoms with Gasteiger partial charge in [-0.1, -0.05) is 43.2 Å². The molecule has 3 nitrogen and oxygen atoms in total. The van der Waals surface area contributed by atoms with E-state index in [0.29, 0.717) is 18.3 Å². The number of esters is 1. The molecule has 0 radical (unpaired) electrons. The van der Waals surface area contributed by atoms with Gasteiger partial charge in [-0.2, -0.15) is 0 Å². The van der Waals surface area contributed by atoms with Crippen LogP contribution in [0.2, 0.25) is 0 Å². The van der Waals surface area contributed by atoms with Crippen molar-refractivity contribution in [2.45, 2.75) is 38.2 Å². The molecule has 0 amide bonds. The van der Waals surface area contributed by atoms with E-state index >= 15 is 0 Å². The van der Waals surface area contributed by atoms with Crippen LogP contribution in [0, 0.1) is 11.7 Å². The smallest absolute Gasteiger partial charge is 0.306 e. The van der Waals surface area contributed by atoms with Crippen molar-refractivity contribution in [3.8, 4) is 5.75 Å². The van der Waals surface area contributed by atoms with Crippen molar-refractivity contribution in [3.63, 3.8) is 0 Å². The second kappa shape index (κ2) is 8.15. The minimum atomic E-state index is -0.341. The van der Waals surface area contributed by atoms with Crippen molar-refractivity contribution in [1.29, 1.82) is 0 Å². The molecule has 132 valence electrons. The molecule has 2 aromatic carbocycles. The fraction of sp³-hybridized carbons (Fsp3) is 0.381. The van der Waals surface area contributed by atoms with E-state index in [1.807, 2.05) is 36.4 Å². The van der Waals surface area contributed by atoms with Crippen LogP contribution in [0.1, 0.15) is 42.7 Å². The molecule has 1 fully saturated rings. The van der Waals surface area contributed by atoms with Crippen molar-refractivity contribution < 1.29 is 18.7 Å². The summed E-state index contributed by atoms with van der Waals surface area (Å²) in [6.07, 6.45) is 3.53. The highest BCUT2D eigenvalue weighted by molar-refractivity contribution is 5.70. The summed E-state index contributed by atoms with van der Waals surface area (Å²) in [6.45, 7) is 0.383. The lowest BCUT2D eigenvalue weighted by atomic mass is 9.90. The van der Waals surface area contributed by atoms with Crippen LogP contribution in [0.3, 0.4) is 0 Å². The highest BCUT2D eigenvalue weighted by atomic mass is 19.1. The molecule has 0 aromatic heterocycles. The summed E-state index contributed by atoms with van der Waals surface area (Å²) in [6, 6.07) is 14.5. The molecular formula is C21H23FO3. The predicted octanol–water partition coefficient (Wildman–Crippen LogP) is 4.85. The Labute approximate surface area is 147 Å². The Bertz CT molecular complexity index is 710. The first-order chi connectivity index (χ1) is 12.1. The second-order valence-electron chi connectivity index (χ2n) is 6.65. The molecule has 0 N–H and O–H groups in total. The van der Waals surface area contributed by atoms with E-state index in [0.717, 1.165) is 17.5 Å². The first-order valence-corrected chi connectivity index (χ1v) is 8.68. The monoisotopic (exact) mass is 342 g/mol. The third-order valence-corrected chi connectivity index (χ3v) is 4.57. The normalized spacial score (nSPS) is 14.8. The number of rotatable bonds is 8. The van der Waals surface area contributed by atoms with Crippen LogP contribution in [0.5, 0.6) is 5.75 Å². The second-order valence-corrected chi connectivity index (χ2v) is 6.65. The predicted molar refractivity (Wildman–Crippen MR) is 93.9 cm³/mol. The molecule has 2 aromatic rings. The summed E-state index contributed by atoms with van der Waals surface area (Å²) in [5, 5.41) is 0. The lowest BCUT2D eigenvalue weighted by molar-refractivity contribution is -0.141. The van der Waals surface area contributed by atoms with Crippen LogP contribution in [0.25, 0.3) is 0 Å². The number of halogens is 1. The zero-order chi connectivity index (χ0) is 17.6. The molecule has 0 saturated heterocycles. The Kier molecular flexibility index (Phi) is 5.69. The maximum Gasteiger partial charge on any atom is 0.306 e. The summed E-state index contributed by atoms with van der Waals surface area (Å²) in [5.74, 6) is 0.485. The summed E-state index contributed by atoms with van der Waals surface area (Å²) >= 11 is 0. The van der Waals surface area contributed by atoms with Crippen LogP contribution < -0.4 is 4.74 Å². The van der Waals surface area contributed by atoms with Crippen molar-refractivity contribution in [3.05, 3.63) is 65.5 Å². The minimum absolute atomic E-state index is 0.0327. The molecule has 0 aliphatic heterocycles. The summed E-state index contributed by atoms with van der Waals surface area (Å²) in [5.41, 5.74) is 1.83. The number of benzene rings is 2. The Morgan fingerprint density at radius 3 is 2.64 bits per heavy atom. The van der Waals surface area contributed by atoms with Gasteiger partial charge in [0, 0.05) is 6.07 Å². The maximum absolute atomic E-state index is 14.1. The van der Waals surface area contributed by atoms with Crippen LogP contribution in [0.15, 0.2) is 48.5 Å². The molecule has 1 saturated carbocycles. The Balaban J connectivity index is 1.74. The molecule has 3 rings (SSSR count). The number of carbonyl (C=O) groups excluding carboxylic acids is 1. The van der Waals surface area contributed by atoms with Gasteiger partial charge in [0.2, 0.25) is 0 Å². The molecule has 1 aliphatic rings. The molecule has 0 spiro atoms. The van der Waals surface area contributed by atoms with E-state index < -0.39 is 0 Å². The van der Waals surface area contributed by atoms with Gasteiger partial charge in [-0.25, -0.2) is 4.39 Å². The first kappa shape index (κ1) is 17.5. The summed E-state index contributed by atoms with van der Waals surface area (Å²) in [7, 11) is 1.39. The van der Waals surface area contributed by atoms with Crippen LogP contribution >= 0.6 is 0 Å². The van der Waals surface area contributed by atoms with E-state index in [2.05, 4.69) is 0 Å². The highest BCUT2D eigenvalue weighted by Crippen LogP contribution is 2.41. The van der Waals surface area contributed by atoms with Crippen molar-refractivity contribution >= 4 is 5.97 Å². The number of methoxy groups -OCH3 is 1. The van der Waals surface area contributed by atoms with Gasteiger partial charge in [0.25, 0.3) is 0 Å². The number of hydrogen-bond donors (Lipinski definition) is 0. The van der Waals surface area contributed by atoms with Gasteiger partial charge in [-0.15, -0.1) is 0 Å². The van der Waals surface area contributed by atoms with E-state index in [9.17, 15) is 9.18 Å². The van der Waals surface area contributed by atoms with Gasteiger partial charge in [-0.05, 0) is 41.5 Å². The quantitative estimate of drug-likeness (QED) is 0.643. The van der Waals surface area contributed by atoms with Crippen LogP contribution in [0.4, 0.5) is 4.39 Å². The van der Waals surface area contributed by atoms with Gasteiger partial charge in [0.15, 0.2) is 0 Å². The fourth-order valence-corrected chi connectivity index (χ4v) is 3.02. The Hall–Kier alpha value is -2.36. The molecule has 25 heavy (non-hydrogen) atoms. The molecule has 1 atom stereocenters. The minimum Gasteiger partial charge on any atom is -0.489 e. The van der Waals surface area contributed by atoms with Crippen LogP contribution in [-0.4, -0.2) is 13.1 Å². The summed E-state index contributed by atoms with van der Waals surface area (Å²) in [4.78, 5) is 11.7. The molecule has 0 bridgehead atoms. The Morgan fingerprint density at radius 1 is 1.20 bits per heavy atom. The zero-order valence-electron chi connectivity index (χ0n) is 14.4. The van der Waals surface area contributed by atoms with Gasteiger partial charge in [-0.3, -0.25) is 4.79 Å². The fourth-order valence-electron chi connectivity index (χ4n) is 3.02. The molecular weight excluding hydrogens is 319 g/mol. The third kappa shape index (κ3) is 5.31. The van der Waals surface area contributed by atoms with E-state index in [1.54, 1.807) is 0 Å². The number of hydrogen-bond acceptors (Lipinski definition) is 3. The molecule has 1 aliphatic carbocycles. The Morgan fingerprint density at radius 2 is 1.96 bits per heavy atom. The average molecular weight is 342 g/mol. The van der Waals surface area contributed by atoms with Crippen molar-refractivity contribution in [2.24, 2.45) is 5.92 Å². The largest absolute Gasteiger partial charge is 0.489 e. The molecule has 0 heterocycles. The summed E-state index contributed by atoms with van der Waals surface area (Å²) < 4.78 is 24.7. The number of ether oxygens (including phenoxy) is 2. The lowest BCUT2D eigenvalue weighted by Crippen LogP contribution is -2.10. The third-order valence-electron chi connectivity index (χ3n) is 4.57. The first-order valence-electron chi connectivity index (χ1n) is 8.68. The van der Waals surface area contributed by atoms with E-state index in [4.69, 9.17) is 9.47 Å². The highest BCUT2D eigenvalue weighted by Gasteiger charge is 2.28. The lowest BCUT2D eigenvalue weighted by Gasteiger charge is -2.17. The van der Waals surface area contributed by atoms with Gasteiger partial charge >= 0.3 is 5.97 Å².